The summed E-state index contributed by atoms with van der Waals surface area (Å²) in [6.07, 6.45) is 7.65. The highest BCUT2D eigenvalue weighted by Gasteiger charge is 2.26. The summed E-state index contributed by atoms with van der Waals surface area (Å²) in [4.78, 5) is 32.5. The van der Waals surface area contributed by atoms with Gasteiger partial charge in [0.25, 0.3) is 0 Å². The van der Waals surface area contributed by atoms with E-state index >= 15 is 0 Å². The maximum atomic E-state index is 11.2. The second kappa shape index (κ2) is 12.3. The van der Waals surface area contributed by atoms with E-state index in [1.165, 1.54) is 32.1 Å². The molecule has 2 N–H and O–H groups in total. The third-order valence-corrected chi connectivity index (χ3v) is 3.16. The van der Waals surface area contributed by atoms with Crippen molar-refractivity contribution in [3.8, 4) is 0 Å². The van der Waals surface area contributed by atoms with Gasteiger partial charge in [-0.25, -0.2) is 9.59 Å². The van der Waals surface area contributed by atoms with Crippen LogP contribution in [0.5, 0.6) is 0 Å². The van der Waals surface area contributed by atoms with Crippen molar-refractivity contribution >= 4 is 17.9 Å². The molecule has 0 spiro atoms. The highest BCUT2D eigenvalue weighted by Crippen LogP contribution is 2.10. The molecular weight excluding hydrogens is 276 g/mol. The molecule has 0 aromatic carbocycles. The van der Waals surface area contributed by atoms with Crippen LogP contribution in [0.4, 0.5) is 0 Å². The van der Waals surface area contributed by atoms with Gasteiger partial charge in [0.05, 0.1) is 0 Å². The van der Waals surface area contributed by atoms with E-state index < -0.39 is 24.0 Å². The van der Waals surface area contributed by atoms with E-state index in [2.05, 4.69) is 11.7 Å². The van der Waals surface area contributed by atoms with Crippen molar-refractivity contribution in [2.45, 2.75) is 77.2 Å². The molecule has 6 heteroatoms. The summed E-state index contributed by atoms with van der Waals surface area (Å²) in [5, 5.41) is 17.2. The van der Waals surface area contributed by atoms with Gasteiger partial charge >= 0.3 is 17.9 Å². The smallest absolute Gasteiger partial charge is 0.354 e. The van der Waals surface area contributed by atoms with Crippen LogP contribution >= 0.6 is 0 Å². The van der Waals surface area contributed by atoms with Gasteiger partial charge in [-0.15, -0.1) is 0 Å². The molecule has 0 fully saturated rings. The SMILES string of the molecule is CCCCCCCCCCCC(=O)OC(=O)C(O)C(=O)O. The number of aliphatic carboxylic acids is 1. The van der Waals surface area contributed by atoms with Crippen LogP contribution in [0.1, 0.15) is 71.1 Å². The van der Waals surface area contributed by atoms with Crippen LogP contribution in [0.2, 0.25) is 0 Å². The molecule has 1 unspecified atom stereocenters. The Balaban J connectivity index is 3.50. The van der Waals surface area contributed by atoms with Gasteiger partial charge in [-0.1, -0.05) is 58.3 Å². The molecule has 122 valence electrons. The van der Waals surface area contributed by atoms with E-state index in [0.29, 0.717) is 6.42 Å². The van der Waals surface area contributed by atoms with Crippen molar-refractivity contribution in [2.75, 3.05) is 0 Å². The van der Waals surface area contributed by atoms with E-state index in [1.54, 1.807) is 0 Å². The number of carbonyl (C=O) groups is 3. The molecule has 6 nitrogen and oxygen atoms in total. The number of hydrogen-bond donors (Lipinski definition) is 2. The Bertz CT molecular complexity index is 326. The van der Waals surface area contributed by atoms with Gasteiger partial charge in [0.15, 0.2) is 0 Å². The number of carboxylic acid groups (broad SMARTS) is 1. The largest absolute Gasteiger partial charge is 0.479 e. The molecule has 0 aliphatic rings. The number of rotatable bonds is 12. The molecule has 0 saturated carbocycles. The molecule has 0 aliphatic carbocycles. The Morgan fingerprint density at radius 2 is 1.38 bits per heavy atom. The normalized spacial score (nSPS) is 11.9. The van der Waals surface area contributed by atoms with E-state index in [0.717, 1.165) is 19.3 Å². The fraction of sp³-hybridized carbons (Fsp3) is 0.800. The first-order chi connectivity index (χ1) is 9.99. The predicted molar refractivity (Wildman–Crippen MR) is 76.6 cm³/mol. The lowest BCUT2D eigenvalue weighted by Crippen LogP contribution is -2.32. The molecule has 0 aliphatic heterocycles. The molecule has 0 bridgehead atoms. The zero-order valence-electron chi connectivity index (χ0n) is 12.7. The standard InChI is InChI=1S/C15H26O6/c1-2-3-4-5-6-7-8-9-10-11-12(16)21-15(20)13(17)14(18)19/h13,17H,2-11H2,1H3,(H,18,19). The molecule has 0 amide bonds. The van der Waals surface area contributed by atoms with Gasteiger partial charge in [0.1, 0.15) is 0 Å². The first kappa shape index (κ1) is 19.6. The molecule has 0 aromatic heterocycles. The lowest BCUT2D eigenvalue weighted by atomic mass is 10.1. The minimum atomic E-state index is -2.29. The van der Waals surface area contributed by atoms with Crippen LogP contribution in [0.3, 0.4) is 0 Å². The van der Waals surface area contributed by atoms with E-state index in [9.17, 15) is 14.4 Å². The molecule has 0 radical (unpaired) electrons. The van der Waals surface area contributed by atoms with Crippen molar-refractivity contribution in [1.82, 2.24) is 0 Å². The Hall–Kier alpha value is -1.43. The fourth-order valence-corrected chi connectivity index (χ4v) is 1.90. The molecule has 0 heterocycles. The Kier molecular flexibility index (Phi) is 11.5. The summed E-state index contributed by atoms with van der Waals surface area (Å²) in [6.45, 7) is 2.18. The van der Waals surface area contributed by atoms with Crippen LogP contribution < -0.4 is 0 Å². The lowest BCUT2D eigenvalue weighted by Gasteiger charge is -2.05. The van der Waals surface area contributed by atoms with Crippen LogP contribution in [0.25, 0.3) is 0 Å². The summed E-state index contributed by atoms with van der Waals surface area (Å²) in [7, 11) is 0. The summed E-state index contributed by atoms with van der Waals surface area (Å²) in [6, 6.07) is 0. The summed E-state index contributed by atoms with van der Waals surface area (Å²) >= 11 is 0. The van der Waals surface area contributed by atoms with Crippen molar-refractivity contribution in [1.29, 1.82) is 0 Å². The molecule has 1 atom stereocenters. The number of carboxylic acids is 1. The Morgan fingerprint density at radius 1 is 0.905 bits per heavy atom. The van der Waals surface area contributed by atoms with Crippen molar-refractivity contribution < 1.29 is 29.3 Å². The molecule has 0 saturated heterocycles. The third kappa shape index (κ3) is 11.0. The number of unbranched alkanes of at least 4 members (excludes halogenated alkanes) is 8. The molecular formula is C15H26O6. The quantitative estimate of drug-likeness (QED) is 0.326. The van der Waals surface area contributed by atoms with E-state index in [-0.39, 0.29) is 6.42 Å². The summed E-state index contributed by atoms with van der Waals surface area (Å²) in [5.41, 5.74) is 0. The minimum absolute atomic E-state index is 0.0634. The van der Waals surface area contributed by atoms with Crippen molar-refractivity contribution in [3.05, 3.63) is 0 Å². The van der Waals surface area contributed by atoms with E-state index in [4.69, 9.17) is 10.2 Å². The Morgan fingerprint density at radius 3 is 1.86 bits per heavy atom. The second-order valence-corrected chi connectivity index (χ2v) is 5.11. The number of hydrogen-bond acceptors (Lipinski definition) is 5. The first-order valence-electron chi connectivity index (χ1n) is 7.64. The number of carbonyl (C=O) groups excluding carboxylic acids is 2. The minimum Gasteiger partial charge on any atom is -0.479 e. The first-order valence-corrected chi connectivity index (χ1v) is 7.64. The topological polar surface area (TPSA) is 101 Å². The molecule has 0 aromatic rings. The van der Waals surface area contributed by atoms with E-state index in [1.807, 2.05) is 0 Å². The number of esters is 2. The third-order valence-electron chi connectivity index (χ3n) is 3.16. The second-order valence-electron chi connectivity index (χ2n) is 5.11. The van der Waals surface area contributed by atoms with Gasteiger partial charge in [-0.05, 0) is 6.42 Å². The Labute approximate surface area is 125 Å². The van der Waals surface area contributed by atoms with Gasteiger partial charge in [-0.2, -0.15) is 0 Å². The number of aliphatic hydroxyl groups is 1. The fourth-order valence-electron chi connectivity index (χ4n) is 1.90. The van der Waals surface area contributed by atoms with Crippen molar-refractivity contribution in [2.24, 2.45) is 0 Å². The zero-order chi connectivity index (χ0) is 16.1. The zero-order valence-corrected chi connectivity index (χ0v) is 12.7. The van der Waals surface area contributed by atoms with Gasteiger partial charge in [0, 0.05) is 6.42 Å². The molecule has 21 heavy (non-hydrogen) atoms. The average molecular weight is 302 g/mol. The van der Waals surface area contributed by atoms with Crippen LogP contribution in [0.15, 0.2) is 0 Å². The maximum absolute atomic E-state index is 11.2. The highest BCUT2D eigenvalue weighted by molar-refractivity contribution is 6.00. The lowest BCUT2D eigenvalue weighted by molar-refractivity contribution is -0.171. The maximum Gasteiger partial charge on any atom is 0.354 e. The van der Waals surface area contributed by atoms with Crippen molar-refractivity contribution in [3.63, 3.8) is 0 Å². The predicted octanol–water partition coefficient (Wildman–Crippen LogP) is 2.42. The van der Waals surface area contributed by atoms with Crippen LogP contribution in [0, 0.1) is 0 Å². The van der Waals surface area contributed by atoms with Gasteiger partial charge in [-0.3, -0.25) is 4.79 Å². The van der Waals surface area contributed by atoms with Crippen LogP contribution in [-0.2, 0) is 19.1 Å². The monoisotopic (exact) mass is 302 g/mol. The highest BCUT2D eigenvalue weighted by atomic mass is 16.6. The van der Waals surface area contributed by atoms with Crippen LogP contribution in [-0.4, -0.2) is 34.2 Å². The summed E-state index contributed by atoms with van der Waals surface area (Å²) < 4.78 is 4.24. The number of ether oxygens (including phenoxy) is 1. The van der Waals surface area contributed by atoms with Gasteiger partial charge in [0.2, 0.25) is 6.10 Å². The number of aliphatic hydroxyl groups excluding tert-OH is 1. The summed E-state index contributed by atoms with van der Waals surface area (Å²) in [5.74, 6) is -3.94. The molecule has 0 rings (SSSR count). The van der Waals surface area contributed by atoms with Gasteiger partial charge < -0.3 is 14.9 Å². The average Bonchev–Trinajstić information content (AvgIpc) is 2.44.